The second-order valence-electron chi connectivity index (χ2n) is 9.98. The number of rotatable bonds is 13. The second-order valence-corrected chi connectivity index (χ2v) is 9.98. The zero-order valence-corrected chi connectivity index (χ0v) is 23.5. The lowest BCUT2D eigenvalue weighted by Gasteiger charge is -2.27. The van der Waals surface area contributed by atoms with Crippen LogP contribution < -0.4 is 4.74 Å². The van der Waals surface area contributed by atoms with Gasteiger partial charge in [0.25, 0.3) is 11.7 Å². The van der Waals surface area contributed by atoms with Gasteiger partial charge < -0.3 is 19.6 Å². The first-order chi connectivity index (χ1) is 18.9. The standard InChI is InChI=1S/C31H40N4O4/c1-5-8-11-20-39-24-15-12-14-23(21-24)28-26(29(36)27-22(4)32-25-16-9-10-18-34(25)27)30(37)31(38)35(28)19-13-17-33(6-2)7-3/h9-10,12,14-16,18,21,28,36H,5-8,11,13,17,19-20H2,1-4H3/b29-26+. The molecule has 1 fully saturated rings. The highest BCUT2D eigenvalue weighted by Gasteiger charge is 2.46. The maximum atomic E-state index is 13.5. The van der Waals surface area contributed by atoms with Gasteiger partial charge in [-0.3, -0.25) is 14.0 Å². The fraction of sp³-hybridized carbons (Fsp3) is 0.452. The maximum Gasteiger partial charge on any atom is 0.295 e. The minimum absolute atomic E-state index is 0.0831. The van der Waals surface area contributed by atoms with Gasteiger partial charge in [-0.25, -0.2) is 4.98 Å². The Hall–Kier alpha value is -3.65. The Morgan fingerprint density at radius 1 is 1.05 bits per heavy atom. The van der Waals surface area contributed by atoms with Gasteiger partial charge in [-0.1, -0.05) is 51.8 Å². The second kappa shape index (κ2) is 12.9. The Kier molecular flexibility index (Phi) is 9.41. The van der Waals surface area contributed by atoms with Gasteiger partial charge in [0.05, 0.1) is 23.9 Å². The van der Waals surface area contributed by atoms with Crippen molar-refractivity contribution >= 4 is 23.1 Å². The van der Waals surface area contributed by atoms with Gasteiger partial charge in [0.2, 0.25) is 0 Å². The van der Waals surface area contributed by atoms with E-state index in [9.17, 15) is 14.7 Å². The predicted octanol–water partition coefficient (Wildman–Crippen LogP) is 5.37. The van der Waals surface area contributed by atoms with Gasteiger partial charge in [0.15, 0.2) is 5.76 Å². The summed E-state index contributed by atoms with van der Waals surface area (Å²) in [6, 6.07) is 12.4. The lowest BCUT2D eigenvalue weighted by atomic mass is 9.96. The molecule has 208 valence electrons. The summed E-state index contributed by atoms with van der Waals surface area (Å²) in [5.41, 5.74) is 2.48. The Morgan fingerprint density at radius 3 is 2.59 bits per heavy atom. The number of Topliss-reactive ketones (excluding diaryl/α,β-unsaturated/α-hetero) is 1. The van der Waals surface area contributed by atoms with Crippen LogP contribution in [0.5, 0.6) is 5.75 Å². The number of benzene rings is 1. The molecule has 0 saturated carbocycles. The van der Waals surface area contributed by atoms with E-state index in [2.05, 4.69) is 30.7 Å². The molecule has 1 aliphatic heterocycles. The lowest BCUT2D eigenvalue weighted by molar-refractivity contribution is -0.140. The molecule has 3 aromatic rings. The fourth-order valence-electron chi connectivity index (χ4n) is 5.30. The fourth-order valence-corrected chi connectivity index (χ4v) is 5.30. The van der Waals surface area contributed by atoms with Crippen LogP contribution in [-0.4, -0.2) is 68.8 Å². The molecule has 1 unspecified atom stereocenters. The highest BCUT2D eigenvalue weighted by molar-refractivity contribution is 6.46. The predicted molar refractivity (Wildman–Crippen MR) is 153 cm³/mol. The van der Waals surface area contributed by atoms with Crippen LogP contribution in [0.4, 0.5) is 0 Å². The van der Waals surface area contributed by atoms with Crippen molar-refractivity contribution in [2.24, 2.45) is 0 Å². The van der Waals surface area contributed by atoms with Crippen molar-refractivity contribution in [3.63, 3.8) is 0 Å². The number of ether oxygens (including phenoxy) is 1. The van der Waals surface area contributed by atoms with Crippen LogP contribution in [0.2, 0.25) is 0 Å². The number of nitrogens with zero attached hydrogens (tertiary/aromatic N) is 4. The third-order valence-corrected chi connectivity index (χ3v) is 7.43. The minimum Gasteiger partial charge on any atom is -0.505 e. The highest BCUT2D eigenvalue weighted by atomic mass is 16.5. The number of unbranched alkanes of at least 4 members (excludes halogenated alkanes) is 2. The summed E-state index contributed by atoms with van der Waals surface area (Å²) in [6.45, 7) is 11.8. The Morgan fingerprint density at radius 2 is 1.85 bits per heavy atom. The number of carbonyl (C=O) groups excluding carboxylic acids is 2. The molecular weight excluding hydrogens is 492 g/mol. The van der Waals surface area contributed by atoms with Gasteiger partial charge in [0.1, 0.15) is 17.1 Å². The van der Waals surface area contributed by atoms with Crippen molar-refractivity contribution in [1.82, 2.24) is 19.2 Å². The molecule has 0 radical (unpaired) electrons. The van der Waals surface area contributed by atoms with E-state index < -0.39 is 17.7 Å². The normalized spacial score (nSPS) is 17.1. The van der Waals surface area contributed by atoms with Crippen LogP contribution >= 0.6 is 0 Å². The molecular formula is C31H40N4O4. The third-order valence-electron chi connectivity index (χ3n) is 7.43. The van der Waals surface area contributed by atoms with Gasteiger partial charge in [-0.05, 0) is 69.2 Å². The van der Waals surface area contributed by atoms with E-state index in [1.807, 2.05) is 42.5 Å². The van der Waals surface area contributed by atoms with Crippen LogP contribution in [0.3, 0.4) is 0 Å². The van der Waals surface area contributed by atoms with Crippen molar-refractivity contribution in [3.05, 3.63) is 71.2 Å². The molecule has 1 N–H and O–H groups in total. The van der Waals surface area contributed by atoms with Gasteiger partial charge in [-0.2, -0.15) is 0 Å². The molecule has 1 atom stereocenters. The number of aliphatic hydroxyl groups is 1. The molecule has 1 saturated heterocycles. The van der Waals surface area contributed by atoms with E-state index in [-0.39, 0.29) is 11.3 Å². The molecule has 39 heavy (non-hydrogen) atoms. The molecule has 0 bridgehead atoms. The maximum absolute atomic E-state index is 13.5. The molecule has 1 amide bonds. The molecule has 8 nitrogen and oxygen atoms in total. The number of aromatic nitrogens is 2. The average Bonchev–Trinajstić information content (AvgIpc) is 3.41. The first kappa shape index (κ1) is 28.4. The first-order valence-electron chi connectivity index (χ1n) is 14.1. The van der Waals surface area contributed by atoms with E-state index in [0.717, 1.165) is 44.5 Å². The van der Waals surface area contributed by atoms with E-state index in [1.165, 1.54) is 0 Å². The average molecular weight is 533 g/mol. The molecule has 0 aliphatic carbocycles. The molecule has 0 spiro atoms. The quantitative estimate of drug-likeness (QED) is 0.138. The number of ketones is 1. The number of fused-ring (bicyclic) bond motifs is 1. The molecule has 1 aromatic carbocycles. The number of pyridine rings is 1. The van der Waals surface area contributed by atoms with Crippen molar-refractivity contribution in [1.29, 1.82) is 0 Å². The summed E-state index contributed by atoms with van der Waals surface area (Å²) in [4.78, 5) is 35.4. The number of likely N-dealkylation sites (tertiary alicyclic amines) is 1. The Balaban J connectivity index is 1.77. The van der Waals surface area contributed by atoms with Crippen molar-refractivity contribution in [2.75, 3.05) is 32.8 Å². The number of aryl methyl sites for hydroxylation is 1. The summed E-state index contributed by atoms with van der Waals surface area (Å²) >= 11 is 0. The van der Waals surface area contributed by atoms with E-state index in [4.69, 9.17) is 4.74 Å². The summed E-state index contributed by atoms with van der Waals surface area (Å²) in [6.07, 6.45) is 5.66. The van der Waals surface area contributed by atoms with E-state index in [1.54, 1.807) is 22.4 Å². The van der Waals surface area contributed by atoms with E-state index >= 15 is 0 Å². The number of hydrogen-bond donors (Lipinski definition) is 1. The topological polar surface area (TPSA) is 87.4 Å². The SMILES string of the molecule is CCCCCOc1cccc(C2/C(=C(\O)c3c(C)nc4ccccn34)C(=O)C(=O)N2CCCN(CC)CC)c1. The molecule has 8 heteroatoms. The summed E-state index contributed by atoms with van der Waals surface area (Å²) < 4.78 is 7.75. The third kappa shape index (κ3) is 6.01. The van der Waals surface area contributed by atoms with Crippen molar-refractivity contribution in [3.8, 4) is 5.75 Å². The number of carbonyl (C=O) groups is 2. The molecule has 1 aliphatic rings. The summed E-state index contributed by atoms with van der Waals surface area (Å²) in [5.74, 6) is -0.805. The number of amides is 1. The minimum atomic E-state index is -0.727. The monoisotopic (exact) mass is 532 g/mol. The van der Waals surface area contributed by atoms with Crippen LogP contribution in [0.15, 0.2) is 54.2 Å². The first-order valence-corrected chi connectivity index (χ1v) is 14.1. The zero-order valence-electron chi connectivity index (χ0n) is 23.5. The van der Waals surface area contributed by atoms with Gasteiger partial charge in [-0.15, -0.1) is 0 Å². The number of aliphatic hydroxyl groups excluding tert-OH is 1. The summed E-state index contributed by atoms with van der Waals surface area (Å²) in [5, 5.41) is 11.7. The lowest BCUT2D eigenvalue weighted by Crippen LogP contribution is -2.33. The Bertz CT molecular complexity index is 1340. The Labute approximate surface area is 230 Å². The zero-order chi connectivity index (χ0) is 27.9. The molecule has 3 heterocycles. The van der Waals surface area contributed by atoms with Crippen LogP contribution in [0, 0.1) is 6.92 Å². The molecule has 2 aromatic heterocycles. The van der Waals surface area contributed by atoms with Crippen LogP contribution in [0.1, 0.15) is 69.4 Å². The van der Waals surface area contributed by atoms with E-state index in [0.29, 0.717) is 42.4 Å². The van der Waals surface area contributed by atoms with Crippen LogP contribution in [-0.2, 0) is 9.59 Å². The largest absolute Gasteiger partial charge is 0.505 e. The summed E-state index contributed by atoms with van der Waals surface area (Å²) in [7, 11) is 0. The van der Waals surface area contributed by atoms with Crippen molar-refractivity contribution < 1.29 is 19.4 Å². The molecule has 4 rings (SSSR count). The highest BCUT2D eigenvalue weighted by Crippen LogP contribution is 2.41. The smallest absolute Gasteiger partial charge is 0.295 e. The van der Waals surface area contributed by atoms with Gasteiger partial charge >= 0.3 is 0 Å². The number of imidazole rings is 1. The van der Waals surface area contributed by atoms with Crippen LogP contribution in [0.25, 0.3) is 11.4 Å². The van der Waals surface area contributed by atoms with Crippen molar-refractivity contribution in [2.45, 2.75) is 59.4 Å². The number of hydrogen-bond acceptors (Lipinski definition) is 6. The van der Waals surface area contributed by atoms with Gasteiger partial charge in [0, 0.05) is 12.7 Å².